The van der Waals surface area contributed by atoms with Gasteiger partial charge >= 0.3 is 6.09 Å². The monoisotopic (exact) mass is 411 g/mol. The van der Waals surface area contributed by atoms with E-state index in [1.165, 1.54) is 38.1 Å². The number of nitrogens with one attached hydrogen (secondary N) is 2. The zero-order valence-corrected chi connectivity index (χ0v) is 18.5. The van der Waals surface area contributed by atoms with Gasteiger partial charge in [-0.1, -0.05) is 19.1 Å². The summed E-state index contributed by atoms with van der Waals surface area (Å²) < 4.78 is 5.51. The molecule has 0 saturated carbocycles. The predicted octanol–water partition coefficient (Wildman–Crippen LogP) is 3.69. The lowest BCUT2D eigenvalue weighted by atomic mass is 9.74. The number of hydrogen-bond donors (Lipinski definition) is 2. The van der Waals surface area contributed by atoms with Crippen molar-refractivity contribution < 1.29 is 19.2 Å². The van der Waals surface area contributed by atoms with E-state index in [9.17, 15) is 9.59 Å². The first-order valence-electron chi connectivity index (χ1n) is 10.3. The molecule has 2 atom stereocenters. The van der Waals surface area contributed by atoms with Crippen molar-refractivity contribution in [2.24, 2.45) is 0 Å². The van der Waals surface area contributed by atoms with Crippen LogP contribution in [0.15, 0.2) is 42.6 Å². The average molecular weight is 412 g/mol. The highest BCUT2D eigenvalue weighted by Gasteiger charge is 2.35. The van der Waals surface area contributed by atoms with Gasteiger partial charge in [-0.2, -0.15) is 0 Å². The van der Waals surface area contributed by atoms with E-state index in [1.54, 1.807) is 23.1 Å². The maximum absolute atomic E-state index is 12.3. The number of carbonyl (C=O) groups is 2. The molecule has 1 saturated heterocycles. The summed E-state index contributed by atoms with van der Waals surface area (Å²) in [5, 5.41) is 2.61. The summed E-state index contributed by atoms with van der Waals surface area (Å²) in [4.78, 5) is 29.3. The molecule has 0 radical (unpaired) electrons. The van der Waals surface area contributed by atoms with Gasteiger partial charge in [0.25, 0.3) is 0 Å². The number of likely N-dealkylation sites (N-methyl/N-ethyl adjacent to an activating group) is 1. The Balaban J connectivity index is 0.00000320. The van der Waals surface area contributed by atoms with E-state index >= 15 is 0 Å². The molecular formula is C24H33N3O3. The molecule has 1 aliphatic rings. The van der Waals surface area contributed by atoms with Gasteiger partial charge in [-0.3, -0.25) is 10.1 Å². The van der Waals surface area contributed by atoms with Gasteiger partial charge in [-0.05, 0) is 62.4 Å². The van der Waals surface area contributed by atoms with Crippen molar-refractivity contribution in [3.8, 4) is 5.75 Å². The lowest BCUT2D eigenvalue weighted by molar-refractivity contribution is -0.883. The Kier molecular flexibility index (Phi) is 8.12. The van der Waals surface area contributed by atoms with E-state index < -0.39 is 6.09 Å². The van der Waals surface area contributed by atoms with Crippen LogP contribution in [0.25, 0.3) is 0 Å². The van der Waals surface area contributed by atoms with Crippen LogP contribution in [0.1, 0.15) is 55.5 Å². The summed E-state index contributed by atoms with van der Waals surface area (Å²) >= 11 is 0. The molecule has 1 aromatic carbocycles. The molecule has 1 aromatic heterocycles. The Hall–Kier alpha value is -2.73. The van der Waals surface area contributed by atoms with Crippen LogP contribution in [0.3, 0.4) is 0 Å². The van der Waals surface area contributed by atoms with Gasteiger partial charge in [0.15, 0.2) is 5.78 Å². The number of Topliss-reactive ketones (excluding diaryl/α,β-unsaturated/α-hetero) is 1. The van der Waals surface area contributed by atoms with Crippen LogP contribution in [-0.4, -0.2) is 37.0 Å². The van der Waals surface area contributed by atoms with Crippen LogP contribution in [0.4, 0.5) is 10.6 Å². The average Bonchev–Trinajstić information content (AvgIpc) is 2.90. The number of quaternary nitrogens is 1. The van der Waals surface area contributed by atoms with Gasteiger partial charge in [0.2, 0.25) is 0 Å². The van der Waals surface area contributed by atoms with Crippen molar-refractivity contribution in [3.63, 3.8) is 0 Å². The molecule has 1 unspecified atom stereocenters. The second-order valence-corrected chi connectivity index (χ2v) is 8.01. The molecule has 2 N–H and O–H groups in total. The Labute approximate surface area is 179 Å². The number of nitrogens with zero attached hydrogens (tertiary/aromatic N) is 1. The lowest BCUT2D eigenvalue weighted by Gasteiger charge is -2.33. The third-order valence-corrected chi connectivity index (χ3v) is 5.88. The molecular weight excluding hydrogens is 378 g/mol. The number of ether oxygens (including phenoxy) is 1. The molecule has 6 heteroatoms. The van der Waals surface area contributed by atoms with Gasteiger partial charge < -0.3 is 17.1 Å². The fourth-order valence-corrected chi connectivity index (χ4v) is 4.20. The van der Waals surface area contributed by atoms with Crippen LogP contribution < -0.4 is 15.0 Å². The minimum absolute atomic E-state index is 0. The molecule has 6 nitrogen and oxygen atoms in total. The number of aromatic nitrogens is 1. The quantitative estimate of drug-likeness (QED) is 0.581. The normalized spacial score (nSPS) is 21.1. The van der Waals surface area contributed by atoms with E-state index in [-0.39, 0.29) is 18.6 Å². The first-order chi connectivity index (χ1) is 13.9. The second kappa shape index (κ2) is 10.3. The van der Waals surface area contributed by atoms with Crippen molar-refractivity contribution in [2.45, 2.75) is 44.9 Å². The van der Waals surface area contributed by atoms with Crippen molar-refractivity contribution in [3.05, 3.63) is 61.1 Å². The molecule has 0 spiro atoms. The summed E-state index contributed by atoms with van der Waals surface area (Å²) in [5.74, 6) is 0.796. The van der Waals surface area contributed by atoms with Gasteiger partial charge in [0, 0.05) is 17.2 Å². The van der Waals surface area contributed by atoms with Crippen LogP contribution >= 0.6 is 0 Å². The lowest BCUT2D eigenvalue weighted by Crippen LogP contribution is -3.10. The molecule has 0 bridgehead atoms. The number of anilines is 1. The highest BCUT2D eigenvalue weighted by atomic mass is 16.6. The molecule has 0 aliphatic carbocycles. The molecule has 1 aliphatic heterocycles. The standard InChI is InChI=1S/C23H29N3O3.CH3/c1-4-23(12-5-6-13-26(3)16-23)19-8-7-9-20(14-19)29-22(28)25-21-11-10-18(15-24-21)17(2)27;/h7-11,14-15H,4-6,12-13,16H2,1-3H3,(H,24,25,28);1H3/q;-1/p+1/t23-;/m1./s1. The van der Waals surface area contributed by atoms with E-state index in [0.29, 0.717) is 17.1 Å². The molecule has 1 amide bonds. The Morgan fingerprint density at radius 3 is 2.70 bits per heavy atom. The fraction of sp³-hybridized carbons (Fsp3) is 0.417. The molecule has 2 heterocycles. The van der Waals surface area contributed by atoms with Crippen molar-refractivity contribution in [1.29, 1.82) is 0 Å². The summed E-state index contributed by atoms with van der Waals surface area (Å²) in [6.07, 6.45) is 5.53. The predicted molar refractivity (Wildman–Crippen MR) is 119 cm³/mol. The minimum atomic E-state index is -0.598. The van der Waals surface area contributed by atoms with Crippen molar-refractivity contribution >= 4 is 17.7 Å². The third-order valence-electron chi connectivity index (χ3n) is 5.88. The van der Waals surface area contributed by atoms with Crippen LogP contribution in [0.2, 0.25) is 0 Å². The Morgan fingerprint density at radius 2 is 2.03 bits per heavy atom. The van der Waals surface area contributed by atoms with Crippen LogP contribution in [0.5, 0.6) is 5.75 Å². The molecule has 3 rings (SSSR count). The van der Waals surface area contributed by atoms with E-state index in [2.05, 4.69) is 30.3 Å². The van der Waals surface area contributed by atoms with Crippen molar-refractivity contribution in [1.82, 2.24) is 4.98 Å². The zero-order chi connectivity index (χ0) is 20.9. The second-order valence-electron chi connectivity index (χ2n) is 8.01. The van der Waals surface area contributed by atoms with Gasteiger partial charge in [-0.15, -0.1) is 0 Å². The number of hydrogen-bond acceptors (Lipinski definition) is 4. The summed E-state index contributed by atoms with van der Waals surface area (Å²) in [5.41, 5.74) is 1.84. The first kappa shape index (κ1) is 23.5. The first-order valence-corrected chi connectivity index (χ1v) is 10.3. The largest absolute Gasteiger partial charge is 0.418 e. The number of amides is 1. The molecule has 30 heavy (non-hydrogen) atoms. The third kappa shape index (κ3) is 5.66. The highest BCUT2D eigenvalue weighted by Crippen LogP contribution is 2.35. The number of rotatable bonds is 5. The van der Waals surface area contributed by atoms with Gasteiger partial charge in [0.05, 0.1) is 20.1 Å². The highest BCUT2D eigenvalue weighted by molar-refractivity contribution is 5.94. The minimum Gasteiger partial charge on any atom is -0.410 e. The van der Waals surface area contributed by atoms with E-state index in [4.69, 9.17) is 4.74 Å². The summed E-state index contributed by atoms with van der Waals surface area (Å²) in [7, 11) is 2.26. The fourth-order valence-electron chi connectivity index (χ4n) is 4.20. The van der Waals surface area contributed by atoms with Crippen LogP contribution in [0, 0.1) is 7.43 Å². The Morgan fingerprint density at radius 1 is 1.23 bits per heavy atom. The van der Waals surface area contributed by atoms with Gasteiger partial charge in [0.1, 0.15) is 11.6 Å². The number of pyridine rings is 1. The number of carbonyl (C=O) groups excluding carboxylic acids is 2. The molecule has 162 valence electrons. The number of likely N-dealkylation sites (tertiary alicyclic amines) is 1. The molecule has 2 aromatic rings. The Bertz CT molecular complexity index is 866. The zero-order valence-electron chi connectivity index (χ0n) is 18.5. The van der Waals surface area contributed by atoms with Gasteiger partial charge in [-0.25, -0.2) is 9.78 Å². The van der Waals surface area contributed by atoms with E-state index in [1.807, 2.05) is 12.1 Å². The van der Waals surface area contributed by atoms with Crippen molar-refractivity contribution in [2.75, 3.05) is 25.5 Å². The SMILES string of the molecule is CC[C@@]1(c2cccc(OC(=O)Nc3ccc(C(C)=O)cn3)c2)CCCC[NH+](C)C1.[CH3-]. The maximum Gasteiger partial charge on any atom is 0.418 e. The maximum atomic E-state index is 12.3. The number of ketones is 1. The smallest absolute Gasteiger partial charge is 0.410 e. The summed E-state index contributed by atoms with van der Waals surface area (Å²) in [6.45, 7) is 6.01. The van der Waals surface area contributed by atoms with Crippen LogP contribution in [-0.2, 0) is 5.41 Å². The molecule has 1 fully saturated rings. The summed E-state index contributed by atoms with van der Waals surface area (Å²) in [6, 6.07) is 11.1. The van der Waals surface area contributed by atoms with E-state index in [0.717, 1.165) is 19.4 Å². The topological polar surface area (TPSA) is 72.7 Å². The number of benzene rings is 1.